The number of thiazole rings is 1. The van der Waals surface area contributed by atoms with Gasteiger partial charge in [-0.1, -0.05) is 0 Å². The van der Waals surface area contributed by atoms with Gasteiger partial charge in [0.1, 0.15) is 6.67 Å². The van der Waals surface area contributed by atoms with Crippen molar-refractivity contribution in [2.75, 3.05) is 13.1 Å². The first-order chi connectivity index (χ1) is 6.81. The highest BCUT2D eigenvalue weighted by Gasteiger charge is 2.19. The van der Waals surface area contributed by atoms with Crippen LogP contribution in [0.5, 0.6) is 0 Å². The summed E-state index contributed by atoms with van der Waals surface area (Å²) in [5, 5.41) is 4.47. The van der Waals surface area contributed by atoms with E-state index < -0.39 is 0 Å². The highest BCUT2D eigenvalue weighted by molar-refractivity contribution is 7.11. The predicted octanol–water partition coefficient (Wildman–Crippen LogP) is 2.39. The first kappa shape index (κ1) is 10.1. The Kier molecular flexibility index (Phi) is 3.13. The molecule has 1 aromatic heterocycles. The van der Waals surface area contributed by atoms with Crippen molar-refractivity contribution in [2.45, 2.75) is 32.4 Å². The maximum atomic E-state index is 12.5. The van der Waals surface area contributed by atoms with E-state index in [0.29, 0.717) is 5.92 Å². The topological polar surface area (TPSA) is 24.9 Å². The lowest BCUT2D eigenvalue weighted by Crippen LogP contribution is -2.28. The number of halogens is 1. The zero-order valence-electron chi connectivity index (χ0n) is 8.35. The Morgan fingerprint density at radius 1 is 1.64 bits per heavy atom. The van der Waals surface area contributed by atoms with E-state index in [9.17, 15) is 4.39 Å². The zero-order chi connectivity index (χ0) is 9.97. The molecule has 1 aliphatic heterocycles. The van der Waals surface area contributed by atoms with E-state index in [4.69, 9.17) is 0 Å². The molecule has 1 N–H and O–H groups in total. The van der Waals surface area contributed by atoms with Gasteiger partial charge in [-0.2, -0.15) is 0 Å². The van der Waals surface area contributed by atoms with Gasteiger partial charge in [0.25, 0.3) is 0 Å². The van der Waals surface area contributed by atoms with Gasteiger partial charge in [0.2, 0.25) is 0 Å². The largest absolute Gasteiger partial charge is 0.316 e. The van der Waals surface area contributed by atoms with Crippen LogP contribution in [0.4, 0.5) is 4.39 Å². The summed E-state index contributed by atoms with van der Waals surface area (Å²) in [6.07, 6.45) is 2.39. The Morgan fingerprint density at radius 2 is 2.50 bits per heavy atom. The second-order valence-corrected chi connectivity index (χ2v) is 4.85. The molecule has 1 atom stereocenters. The molecule has 0 aromatic carbocycles. The van der Waals surface area contributed by atoms with Crippen molar-refractivity contribution >= 4 is 11.3 Å². The minimum absolute atomic E-state index is 0.371. The van der Waals surface area contributed by atoms with Gasteiger partial charge in [0.05, 0.1) is 15.6 Å². The summed E-state index contributed by atoms with van der Waals surface area (Å²) < 4.78 is 12.5. The lowest BCUT2D eigenvalue weighted by Gasteiger charge is -2.20. The Labute approximate surface area is 87.6 Å². The number of rotatable bonds is 2. The van der Waals surface area contributed by atoms with Crippen LogP contribution in [0.3, 0.4) is 0 Å². The van der Waals surface area contributed by atoms with Gasteiger partial charge in [-0.25, -0.2) is 9.37 Å². The second-order valence-electron chi connectivity index (χ2n) is 3.74. The van der Waals surface area contributed by atoms with E-state index in [2.05, 4.69) is 10.3 Å². The van der Waals surface area contributed by atoms with Crippen LogP contribution in [0, 0.1) is 6.92 Å². The molecule has 0 saturated carbocycles. The predicted molar refractivity (Wildman–Crippen MR) is 56.5 cm³/mol. The molecule has 78 valence electrons. The third-order valence-electron chi connectivity index (χ3n) is 2.68. The maximum Gasteiger partial charge on any atom is 0.126 e. The standard InChI is InChI=1S/C10H15FN2S/c1-7-9(5-11)14-10(13-7)8-3-2-4-12-6-8/h8,12H,2-6H2,1H3. The normalized spacial score (nSPS) is 22.6. The fourth-order valence-corrected chi connectivity index (χ4v) is 2.86. The van der Waals surface area contributed by atoms with Crippen LogP contribution in [-0.2, 0) is 6.67 Å². The lowest BCUT2D eigenvalue weighted by atomic mass is 10.0. The van der Waals surface area contributed by atoms with Crippen LogP contribution >= 0.6 is 11.3 Å². The number of aromatic nitrogens is 1. The Bertz CT molecular complexity index is 305. The average Bonchev–Trinajstić information content (AvgIpc) is 2.61. The molecule has 0 aliphatic carbocycles. The van der Waals surface area contributed by atoms with Gasteiger partial charge in [-0.3, -0.25) is 0 Å². The number of alkyl halides is 1. The molecule has 1 saturated heterocycles. The molecule has 1 unspecified atom stereocenters. The van der Waals surface area contributed by atoms with E-state index in [0.717, 1.165) is 28.7 Å². The monoisotopic (exact) mass is 214 g/mol. The summed E-state index contributed by atoms with van der Waals surface area (Å²) >= 11 is 1.54. The fourth-order valence-electron chi connectivity index (χ4n) is 1.81. The molecule has 2 rings (SSSR count). The van der Waals surface area contributed by atoms with Gasteiger partial charge < -0.3 is 5.32 Å². The van der Waals surface area contributed by atoms with Crippen molar-refractivity contribution in [3.05, 3.63) is 15.6 Å². The first-order valence-corrected chi connectivity index (χ1v) is 5.86. The Hall–Kier alpha value is -0.480. The van der Waals surface area contributed by atoms with E-state index in [-0.39, 0.29) is 6.67 Å². The van der Waals surface area contributed by atoms with Gasteiger partial charge in [0.15, 0.2) is 0 Å². The van der Waals surface area contributed by atoms with E-state index in [1.807, 2.05) is 6.92 Å². The molecular formula is C10H15FN2S. The number of aryl methyl sites for hydroxylation is 1. The summed E-state index contributed by atoms with van der Waals surface area (Å²) in [6.45, 7) is 3.63. The number of piperidine rings is 1. The van der Waals surface area contributed by atoms with Crippen molar-refractivity contribution in [1.82, 2.24) is 10.3 Å². The Morgan fingerprint density at radius 3 is 3.07 bits per heavy atom. The van der Waals surface area contributed by atoms with Gasteiger partial charge in [0, 0.05) is 12.5 Å². The summed E-state index contributed by atoms with van der Waals surface area (Å²) in [5.41, 5.74) is 0.873. The number of nitrogens with zero attached hydrogens (tertiary/aromatic N) is 1. The fraction of sp³-hybridized carbons (Fsp3) is 0.700. The van der Waals surface area contributed by atoms with Crippen LogP contribution in [0.2, 0.25) is 0 Å². The number of nitrogens with one attached hydrogen (secondary N) is 1. The van der Waals surface area contributed by atoms with Gasteiger partial charge >= 0.3 is 0 Å². The second kappa shape index (κ2) is 4.36. The molecule has 0 radical (unpaired) electrons. The summed E-state index contributed by atoms with van der Waals surface area (Å²) in [4.78, 5) is 5.24. The number of hydrogen-bond donors (Lipinski definition) is 1. The molecule has 1 aliphatic rings. The molecular weight excluding hydrogens is 199 g/mol. The summed E-state index contributed by atoms with van der Waals surface area (Å²) in [5.74, 6) is 0.507. The van der Waals surface area contributed by atoms with Crippen molar-refractivity contribution in [1.29, 1.82) is 0 Å². The third-order valence-corrected chi connectivity index (χ3v) is 3.96. The SMILES string of the molecule is Cc1nc(C2CCCNC2)sc1CF. The molecule has 1 aromatic rings. The lowest BCUT2D eigenvalue weighted by molar-refractivity contribution is 0.460. The Balaban J connectivity index is 2.14. The third kappa shape index (κ3) is 1.96. The number of hydrogen-bond acceptors (Lipinski definition) is 3. The molecule has 0 amide bonds. The maximum absolute atomic E-state index is 12.5. The van der Waals surface area contributed by atoms with E-state index in [1.165, 1.54) is 24.2 Å². The quantitative estimate of drug-likeness (QED) is 0.817. The summed E-state index contributed by atoms with van der Waals surface area (Å²) in [7, 11) is 0. The van der Waals surface area contributed by atoms with Gasteiger partial charge in [-0.15, -0.1) is 11.3 Å². The van der Waals surface area contributed by atoms with Crippen molar-refractivity contribution in [3.8, 4) is 0 Å². The van der Waals surface area contributed by atoms with Crippen LogP contribution in [0.25, 0.3) is 0 Å². The highest BCUT2D eigenvalue weighted by atomic mass is 32.1. The van der Waals surface area contributed by atoms with Gasteiger partial charge in [-0.05, 0) is 26.3 Å². The molecule has 1 fully saturated rings. The van der Waals surface area contributed by atoms with Crippen LogP contribution in [-0.4, -0.2) is 18.1 Å². The van der Waals surface area contributed by atoms with E-state index in [1.54, 1.807) is 0 Å². The average molecular weight is 214 g/mol. The first-order valence-electron chi connectivity index (χ1n) is 5.04. The molecule has 2 nitrogen and oxygen atoms in total. The summed E-state index contributed by atoms with van der Waals surface area (Å²) in [6, 6.07) is 0. The molecule has 14 heavy (non-hydrogen) atoms. The minimum Gasteiger partial charge on any atom is -0.316 e. The molecule has 0 spiro atoms. The van der Waals surface area contributed by atoms with E-state index >= 15 is 0 Å². The van der Waals surface area contributed by atoms with Crippen LogP contribution < -0.4 is 5.32 Å². The molecule has 2 heterocycles. The minimum atomic E-state index is -0.371. The smallest absolute Gasteiger partial charge is 0.126 e. The van der Waals surface area contributed by atoms with Crippen molar-refractivity contribution in [3.63, 3.8) is 0 Å². The van der Waals surface area contributed by atoms with Crippen LogP contribution in [0.1, 0.15) is 34.3 Å². The molecule has 4 heteroatoms. The highest BCUT2D eigenvalue weighted by Crippen LogP contribution is 2.29. The molecule has 0 bridgehead atoms. The van der Waals surface area contributed by atoms with Crippen molar-refractivity contribution < 1.29 is 4.39 Å². The van der Waals surface area contributed by atoms with Crippen LogP contribution in [0.15, 0.2) is 0 Å². The zero-order valence-corrected chi connectivity index (χ0v) is 9.16. The van der Waals surface area contributed by atoms with Crippen molar-refractivity contribution in [2.24, 2.45) is 0 Å².